The van der Waals surface area contributed by atoms with Gasteiger partial charge in [0.15, 0.2) is 0 Å². The molecule has 0 heterocycles. The third-order valence-electron chi connectivity index (χ3n) is 4.37. The second-order valence-corrected chi connectivity index (χ2v) is 6.47. The number of rotatable bonds is 3. The summed E-state index contributed by atoms with van der Waals surface area (Å²) in [6.07, 6.45) is 0. The molecule has 0 bridgehead atoms. The van der Waals surface area contributed by atoms with Crippen molar-refractivity contribution in [2.75, 3.05) is 0 Å². The molecule has 0 aliphatic carbocycles. The van der Waals surface area contributed by atoms with Gasteiger partial charge in [-0.25, -0.2) is 0 Å². The molecule has 4 aromatic carbocycles. The van der Waals surface area contributed by atoms with Gasteiger partial charge in [0.1, 0.15) is 0 Å². The lowest BCUT2D eigenvalue weighted by Gasteiger charge is -2.08. The summed E-state index contributed by atoms with van der Waals surface area (Å²) in [4.78, 5) is 0. The molecule has 0 amide bonds. The topological polar surface area (TPSA) is 0 Å². The van der Waals surface area contributed by atoms with E-state index in [2.05, 4.69) is 72.8 Å². The Morgan fingerprint density at radius 1 is 0.360 bits per heavy atom. The first-order chi connectivity index (χ1) is 12.3. The van der Waals surface area contributed by atoms with Crippen LogP contribution in [-0.4, -0.2) is 0 Å². The van der Waals surface area contributed by atoms with E-state index in [0.29, 0.717) is 0 Å². The van der Waals surface area contributed by atoms with Crippen LogP contribution in [0.25, 0.3) is 33.4 Å². The van der Waals surface area contributed by atoms with Gasteiger partial charge < -0.3 is 0 Å². The van der Waals surface area contributed by atoms with E-state index < -0.39 is 0 Å². The number of halogens is 1. The van der Waals surface area contributed by atoms with Crippen LogP contribution < -0.4 is 0 Å². The Kier molecular flexibility index (Phi) is 4.37. The molecule has 0 N–H and O–H groups in total. The molecule has 0 fully saturated rings. The molecule has 0 aliphatic rings. The molecule has 0 saturated heterocycles. The minimum atomic E-state index is 0.762. The van der Waals surface area contributed by atoms with Gasteiger partial charge in [0.25, 0.3) is 0 Å². The molecular weight excluding hydrogens is 324 g/mol. The van der Waals surface area contributed by atoms with Gasteiger partial charge in [-0.2, -0.15) is 0 Å². The molecule has 0 aliphatic heterocycles. The lowest BCUT2D eigenvalue weighted by Crippen LogP contribution is -1.82. The fraction of sp³-hybridized carbons (Fsp3) is 0. The van der Waals surface area contributed by atoms with Crippen LogP contribution in [0.2, 0.25) is 5.02 Å². The summed E-state index contributed by atoms with van der Waals surface area (Å²) in [5.41, 5.74) is 7.29. The normalized spacial score (nSPS) is 10.6. The van der Waals surface area contributed by atoms with E-state index >= 15 is 0 Å². The number of hydrogen-bond acceptors (Lipinski definition) is 0. The molecule has 0 aromatic heterocycles. The molecule has 4 rings (SSSR count). The van der Waals surface area contributed by atoms with Crippen molar-refractivity contribution in [2.45, 2.75) is 0 Å². The van der Waals surface area contributed by atoms with Crippen LogP contribution in [0.15, 0.2) is 103 Å². The predicted octanol–water partition coefficient (Wildman–Crippen LogP) is 7.34. The lowest BCUT2D eigenvalue weighted by atomic mass is 9.97. The van der Waals surface area contributed by atoms with E-state index in [9.17, 15) is 0 Å². The Hall–Kier alpha value is -2.83. The monoisotopic (exact) mass is 340 g/mol. The van der Waals surface area contributed by atoms with Gasteiger partial charge in [-0.05, 0) is 51.6 Å². The van der Waals surface area contributed by atoms with E-state index in [1.165, 1.54) is 33.4 Å². The SMILES string of the molecule is Clc1ccc(-c2ccc(-c3cccc(-c4ccccc4)c3)cc2)cc1. The van der Waals surface area contributed by atoms with Gasteiger partial charge in [-0.1, -0.05) is 96.5 Å². The van der Waals surface area contributed by atoms with Crippen molar-refractivity contribution >= 4 is 11.6 Å². The highest BCUT2D eigenvalue weighted by molar-refractivity contribution is 6.30. The van der Waals surface area contributed by atoms with Crippen molar-refractivity contribution in [3.05, 3.63) is 108 Å². The van der Waals surface area contributed by atoms with Crippen molar-refractivity contribution in [2.24, 2.45) is 0 Å². The summed E-state index contributed by atoms with van der Waals surface area (Å²) < 4.78 is 0. The fourth-order valence-corrected chi connectivity index (χ4v) is 3.13. The van der Waals surface area contributed by atoms with Crippen LogP contribution in [0, 0.1) is 0 Å². The summed E-state index contributed by atoms with van der Waals surface area (Å²) in [5.74, 6) is 0. The maximum absolute atomic E-state index is 5.97. The van der Waals surface area contributed by atoms with Gasteiger partial charge in [-0.15, -0.1) is 0 Å². The van der Waals surface area contributed by atoms with Crippen LogP contribution in [0.3, 0.4) is 0 Å². The minimum Gasteiger partial charge on any atom is -0.0843 e. The Labute approximate surface area is 153 Å². The van der Waals surface area contributed by atoms with Crippen molar-refractivity contribution in [3.8, 4) is 33.4 Å². The van der Waals surface area contributed by atoms with E-state index in [1.807, 2.05) is 30.3 Å². The summed E-state index contributed by atoms with van der Waals surface area (Å²) in [6, 6.07) is 35.8. The first-order valence-corrected chi connectivity index (χ1v) is 8.69. The van der Waals surface area contributed by atoms with Gasteiger partial charge >= 0.3 is 0 Å². The smallest absolute Gasteiger partial charge is 0.0406 e. The number of hydrogen-bond donors (Lipinski definition) is 0. The zero-order valence-corrected chi connectivity index (χ0v) is 14.4. The first kappa shape index (κ1) is 15.7. The van der Waals surface area contributed by atoms with E-state index in [-0.39, 0.29) is 0 Å². The van der Waals surface area contributed by atoms with Crippen molar-refractivity contribution in [1.29, 1.82) is 0 Å². The highest BCUT2D eigenvalue weighted by Gasteiger charge is 2.03. The molecule has 1 heteroatoms. The Balaban J connectivity index is 1.65. The van der Waals surface area contributed by atoms with Gasteiger partial charge in [0.05, 0.1) is 0 Å². The molecular formula is C24H17Cl. The van der Waals surface area contributed by atoms with Crippen molar-refractivity contribution in [3.63, 3.8) is 0 Å². The molecule has 0 spiro atoms. The molecule has 25 heavy (non-hydrogen) atoms. The maximum Gasteiger partial charge on any atom is 0.0406 e. The van der Waals surface area contributed by atoms with E-state index in [0.717, 1.165) is 5.02 Å². The standard InChI is InChI=1S/C24H17Cl/c25-24-15-13-20(14-16-24)19-9-11-21(12-10-19)23-8-4-7-22(17-23)18-5-2-1-3-6-18/h1-17H. The van der Waals surface area contributed by atoms with Gasteiger partial charge in [-0.3, -0.25) is 0 Å². The summed E-state index contributed by atoms with van der Waals surface area (Å²) >= 11 is 5.97. The predicted molar refractivity (Wildman–Crippen MR) is 108 cm³/mol. The summed E-state index contributed by atoms with van der Waals surface area (Å²) in [5, 5.41) is 0.762. The van der Waals surface area contributed by atoms with Gasteiger partial charge in [0.2, 0.25) is 0 Å². The van der Waals surface area contributed by atoms with Gasteiger partial charge in [0, 0.05) is 5.02 Å². The van der Waals surface area contributed by atoms with Crippen LogP contribution in [0.5, 0.6) is 0 Å². The Morgan fingerprint density at radius 2 is 0.760 bits per heavy atom. The minimum absolute atomic E-state index is 0.762. The Bertz CT molecular complexity index is 968. The maximum atomic E-state index is 5.97. The van der Waals surface area contributed by atoms with Crippen molar-refractivity contribution in [1.82, 2.24) is 0 Å². The third kappa shape index (κ3) is 3.50. The second-order valence-electron chi connectivity index (χ2n) is 6.03. The quantitative estimate of drug-likeness (QED) is 0.366. The van der Waals surface area contributed by atoms with Crippen LogP contribution in [-0.2, 0) is 0 Å². The largest absolute Gasteiger partial charge is 0.0843 e. The highest BCUT2D eigenvalue weighted by atomic mass is 35.5. The van der Waals surface area contributed by atoms with Crippen LogP contribution in [0.1, 0.15) is 0 Å². The molecule has 4 aromatic rings. The summed E-state index contributed by atoms with van der Waals surface area (Å²) in [7, 11) is 0. The average Bonchev–Trinajstić information content (AvgIpc) is 2.70. The molecule has 120 valence electrons. The van der Waals surface area contributed by atoms with Crippen LogP contribution in [0.4, 0.5) is 0 Å². The Morgan fingerprint density at radius 3 is 1.32 bits per heavy atom. The molecule has 0 unspecified atom stereocenters. The second kappa shape index (κ2) is 6.96. The van der Waals surface area contributed by atoms with Crippen LogP contribution >= 0.6 is 11.6 Å². The average molecular weight is 341 g/mol. The zero-order chi connectivity index (χ0) is 17.1. The zero-order valence-electron chi connectivity index (χ0n) is 13.7. The van der Waals surface area contributed by atoms with E-state index in [4.69, 9.17) is 11.6 Å². The fourth-order valence-electron chi connectivity index (χ4n) is 3.01. The first-order valence-electron chi connectivity index (χ1n) is 8.31. The van der Waals surface area contributed by atoms with E-state index in [1.54, 1.807) is 0 Å². The number of benzene rings is 4. The van der Waals surface area contributed by atoms with Crippen molar-refractivity contribution < 1.29 is 0 Å². The molecule has 0 saturated carbocycles. The molecule has 0 atom stereocenters. The summed E-state index contributed by atoms with van der Waals surface area (Å²) in [6.45, 7) is 0. The highest BCUT2D eigenvalue weighted by Crippen LogP contribution is 2.28. The third-order valence-corrected chi connectivity index (χ3v) is 4.62. The lowest BCUT2D eigenvalue weighted by molar-refractivity contribution is 1.57. The molecule has 0 nitrogen and oxygen atoms in total. The molecule has 0 radical (unpaired) electrons.